The molecule has 1 aliphatic carbocycles. The van der Waals surface area contributed by atoms with E-state index in [1.807, 2.05) is 6.92 Å². The highest BCUT2D eigenvalue weighted by Crippen LogP contribution is 2.29. The summed E-state index contributed by atoms with van der Waals surface area (Å²) in [6, 6.07) is 0.535. The second-order valence-corrected chi connectivity index (χ2v) is 5.90. The van der Waals surface area contributed by atoms with Gasteiger partial charge in [-0.25, -0.2) is 9.97 Å². The molecule has 2 unspecified atom stereocenters. The van der Waals surface area contributed by atoms with Gasteiger partial charge in [0.05, 0.1) is 0 Å². The topological polar surface area (TPSA) is 37.8 Å². The largest absolute Gasteiger partial charge is 0.367 e. The van der Waals surface area contributed by atoms with Gasteiger partial charge >= 0.3 is 0 Å². The Bertz CT molecular complexity index is 434. The Labute approximate surface area is 121 Å². The van der Waals surface area contributed by atoms with Crippen LogP contribution in [0.2, 0.25) is 5.15 Å². The van der Waals surface area contributed by atoms with Crippen LogP contribution in [0.15, 0.2) is 0 Å². The summed E-state index contributed by atoms with van der Waals surface area (Å²) >= 11 is 6.18. The number of rotatable bonds is 4. The fourth-order valence-electron chi connectivity index (χ4n) is 2.82. The average molecular weight is 282 g/mol. The minimum Gasteiger partial charge on any atom is -0.367 e. The maximum Gasteiger partial charge on any atom is 0.137 e. The molecule has 4 heteroatoms. The summed E-state index contributed by atoms with van der Waals surface area (Å²) in [5.41, 5.74) is 0.970. The van der Waals surface area contributed by atoms with Gasteiger partial charge in [0.2, 0.25) is 0 Å². The molecule has 1 aliphatic rings. The lowest BCUT2D eigenvalue weighted by atomic mass is 9.84. The third-order valence-electron chi connectivity index (χ3n) is 4.15. The average Bonchev–Trinajstić information content (AvgIpc) is 2.43. The third kappa shape index (κ3) is 3.59. The number of aromatic nitrogens is 2. The van der Waals surface area contributed by atoms with E-state index in [2.05, 4.69) is 29.1 Å². The Morgan fingerprint density at radius 2 is 2.05 bits per heavy atom. The van der Waals surface area contributed by atoms with Crippen molar-refractivity contribution in [3.63, 3.8) is 0 Å². The van der Waals surface area contributed by atoms with Gasteiger partial charge in [-0.15, -0.1) is 0 Å². The summed E-state index contributed by atoms with van der Waals surface area (Å²) in [5.74, 6) is 2.61. The van der Waals surface area contributed by atoms with E-state index < -0.39 is 0 Å². The molecule has 0 aliphatic heterocycles. The normalized spacial score (nSPS) is 23.4. The van der Waals surface area contributed by atoms with Crippen molar-refractivity contribution >= 4 is 17.4 Å². The maximum atomic E-state index is 6.18. The summed E-state index contributed by atoms with van der Waals surface area (Å²) in [7, 11) is 0. The summed E-state index contributed by atoms with van der Waals surface area (Å²) in [6.45, 7) is 6.33. The summed E-state index contributed by atoms with van der Waals surface area (Å²) in [4.78, 5) is 8.88. The van der Waals surface area contributed by atoms with Gasteiger partial charge < -0.3 is 5.32 Å². The van der Waals surface area contributed by atoms with Crippen molar-refractivity contribution in [3.05, 3.63) is 16.5 Å². The molecular formula is C15H24ClN3. The van der Waals surface area contributed by atoms with Crippen molar-refractivity contribution in [1.82, 2.24) is 9.97 Å². The van der Waals surface area contributed by atoms with Crippen LogP contribution in [0.3, 0.4) is 0 Å². The van der Waals surface area contributed by atoms with E-state index in [1.54, 1.807) is 0 Å². The molecule has 19 heavy (non-hydrogen) atoms. The molecule has 1 heterocycles. The number of hydrogen-bond donors (Lipinski definition) is 1. The standard InChI is InChI=1S/C15H24ClN3/c1-4-11-7-6-8-12(9-11)17-15-10(3)14(16)18-13(5-2)19-15/h11-12H,4-9H2,1-3H3,(H,17,18,19). The van der Waals surface area contributed by atoms with E-state index in [9.17, 15) is 0 Å². The third-order valence-corrected chi connectivity index (χ3v) is 4.52. The van der Waals surface area contributed by atoms with Gasteiger partial charge in [0.25, 0.3) is 0 Å². The Hall–Kier alpha value is -0.830. The lowest BCUT2D eigenvalue weighted by molar-refractivity contribution is 0.327. The van der Waals surface area contributed by atoms with Crippen LogP contribution in [0.5, 0.6) is 0 Å². The molecule has 0 amide bonds. The zero-order chi connectivity index (χ0) is 13.8. The van der Waals surface area contributed by atoms with Crippen LogP contribution >= 0.6 is 11.6 Å². The number of hydrogen-bond acceptors (Lipinski definition) is 3. The molecule has 0 radical (unpaired) electrons. The smallest absolute Gasteiger partial charge is 0.137 e. The van der Waals surface area contributed by atoms with Crippen LogP contribution in [-0.2, 0) is 6.42 Å². The van der Waals surface area contributed by atoms with Crippen molar-refractivity contribution in [2.45, 2.75) is 65.3 Å². The first kappa shape index (κ1) is 14.6. The van der Waals surface area contributed by atoms with E-state index >= 15 is 0 Å². The van der Waals surface area contributed by atoms with Gasteiger partial charge in [-0.05, 0) is 25.7 Å². The van der Waals surface area contributed by atoms with Crippen molar-refractivity contribution in [3.8, 4) is 0 Å². The molecule has 1 aromatic rings. The molecule has 1 N–H and O–H groups in total. The van der Waals surface area contributed by atoms with Crippen LogP contribution in [0, 0.1) is 12.8 Å². The Morgan fingerprint density at radius 1 is 1.26 bits per heavy atom. The van der Waals surface area contributed by atoms with Gasteiger partial charge in [-0.3, -0.25) is 0 Å². The van der Waals surface area contributed by atoms with Crippen LogP contribution in [0.25, 0.3) is 0 Å². The van der Waals surface area contributed by atoms with E-state index in [4.69, 9.17) is 11.6 Å². The first-order valence-corrected chi connectivity index (χ1v) is 7.81. The molecule has 0 aromatic carbocycles. The lowest BCUT2D eigenvalue weighted by Gasteiger charge is -2.30. The number of nitrogens with zero attached hydrogens (tertiary/aromatic N) is 2. The first-order chi connectivity index (χ1) is 9.13. The fourth-order valence-corrected chi connectivity index (χ4v) is 3.00. The van der Waals surface area contributed by atoms with E-state index in [1.165, 1.54) is 32.1 Å². The molecule has 0 bridgehead atoms. The molecule has 2 atom stereocenters. The van der Waals surface area contributed by atoms with Crippen molar-refractivity contribution < 1.29 is 0 Å². The zero-order valence-corrected chi connectivity index (χ0v) is 12.9. The highest BCUT2D eigenvalue weighted by Gasteiger charge is 2.22. The molecule has 0 saturated heterocycles. The molecule has 106 valence electrons. The molecular weight excluding hydrogens is 258 g/mol. The minimum atomic E-state index is 0.535. The van der Waals surface area contributed by atoms with Crippen LogP contribution in [-0.4, -0.2) is 16.0 Å². The quantitative estimate of drug-likeness (QED) is 0.832. The van der Waals surface area contributed by atoms with Crippen LogP contribution in [0.4, 0.5) is 5.82 Å². The fraction of sp³-hybridized carbons (Fsp3) is 0.733. The molecule has 3 nitrogen and oxygen atoms in total. The van der Waals surface area contributed by atoms with Crippen molar-refractivity contribution in [1.29, 1.82) is 0 Å². The van der Waals surface area contributed by atoms with E-state index in [0.29, 0.717) is 11.2 Å². The van der Waals surface area contributed by atoms with Crippen molar-refractivity contribution in [2.75, 3.05) is 5.32 Å². The molecule has 1 saturated carbocycles. The summed E-state index contributed by atoms with van der Waals surface area (Å²) < 4.78 is 0. The number of aryl methyl sites for hydroxylation is 1. The second kappa shape index (κ2) is 6.56. The van der Waals surface area contributed by atoms with Gasteiger partial charge in [0, 0.05) is 18.0 Å². The predicted molar refractivity (Wildman–Crippen MR) is 80.8 cm³/mol. The predicted octanol–water partition coefficient (Wildman–Crippen LogP) is 4.38. The number of nitrogens with one attached hydrogen (secondary N) is 1. The summed E-state index contributed by atoms with van der Waals surface area (Å²) in [6.07, 6.45) is 7.27. The molecule has 2 rings (SSSR count). The highest BCUT2D eigenvalue weighted by atomic mass is 35.5. The lowest BCUT2D eigenvalue weighted by Crippen LogP contribution is -2.28. The monoisotopic (exact) mass is 281 g/mol. The second-order valence-electron chi connectivity index (χ2n) is 5.54. The number of anilines is 1. The summed E-state index contributed by atoms with van der Waals surface area (Å²) in [5, 5.41) is 4.17. The van der Waals surface area contributed by atoms with Gasteiger partial charge in [0.1, 0.15) is 16.8 Å². The van der Waals surface area contributed by atoms with E-state index in [-0.39, 0.29) is 0 Å². The zero-order valence-electron chi connectivity index (χ0n) is 12.2. The van der Waals surface area contributed by atoms with Crippen molar-refractivity contribution in [2.24, 2.45) is 5.92 Å². The van der Waals surface area contributed by atoms with Gasteiger partial charge in [-0.1, -0.05) is 44.7 Å². The SMILES string of the molecule is CCc1nc(Cl)c(C)c(NC2CCCC(CC)C2)n1. The van der Waals surface area contributed by atoms with E-state index in [0.717, 1.165) is 29.5 Å². The molecule has 0 spiro atoms. The van der Waals surface area contributed by atoms with Crippen LogP contribution < -0.4 is 5.32 Å². The van der Waals surface area contributed by atoms with Gasteiger partial charge in [-0.2, -0.15) is 0 Å². The highest BCUT2D eigenvalue weighted by molar-refractivity contribution is 6.30. The first-order valence-electron chi connectivity index (χ1n) is 7.43. The Morgan fingerprint density at radius 3 is 2.74 bits per heavy atom. The Balaban J connectivity index is 2.11. The molecule has 1 fully saturated rings. The Kier molecular flexibility index (Phi) is 5.03. The minimum absolute atomic E-state index is 0.535. The molecule has 1 aromatic heterocycles. The maximum absolute atomic E-state index is 6.18. The number of halogens is 1. The van der Waals surface area contributed by atoms with Crippen LogP contribution in [0.1, 0.15) is 57.3 Å². The van der Waals surface area contributed by atoms with Gasteiger partial charge in [0.15, 0.2) is 0 Å².